The summed E-state index contributed by atoms with van der Waals surface area (Å²) >= 11 is 0. The van der Waals surface area contributed by atoms with E-state index >= 15 is 0 Å². The van der Waals surface area contributed by atoms with E-state index in [1.54, 1.807) is 0 Å². The lowest BCUT2D eigenvalue weighted by Crippen LogP contribution is -2.40. The van der Waals surface area contributed by atoms with Crippen LogP contribution in [0.25, 0.3) is 0 Å². The first-order valence-corrected chi connectivity index (χ1v) is 11.3. The average molecular weight is 297 g/mol. The van der Waals surface area contributed by atoms with Gasteiger partial charge in [0.25, 0.3) is 0 Å². The van der Waals surface area contributed by atoms with Gasteiger partial charge in [0.2, 0.25) is 0 Å². The van der Waals surface area contributed by atoms with Crippen LogP contribution in [-0.4, -0.2) is 14.9 Å². The third kappa shape index (κ3) is 9.61. The Kier molecular flexibility index (Phi) is 10.3. The lowest BCUT2D eigenvalue weighted by Gasteiger charge is -2.36. The minimum absolute atomic E-state index is 0.339. The zero-order valence-electron chi connectivity index (χ0n) is 14.6. The zero-order valence-corrected chi connectivity index (χ0v) is 15.6. The summed E-state index contributed by atoms with van der Waals surface area (Å²) in [5.41, 5.74) is 0. The van der Waals surface area contributed by atoms with Crippen molar-refractivity contribution in [2.24, 2.45) is 0 Å². The molecule has 0 aromatic rings. The smallest absolute Gasteiger partial charge is 0.191 e. The minimum Gasteiger partial charge on any atom is -0.417 e. The van der Waals surface area contributed by atoms with Crippen molar-refractivity contribution >= 4 is 8.32 Å². The van der Waals surface area contributed by atoms with E-state index in [9.17, 15) is 0 Å². The molecule has 0 aromatic carbocycles. The molecule has 0 aliphatic heterocycles. The fourth-order valence-corrected chi connectivity index (χ4v) is 3.02. The molecule has 0 amide bonds. The molecule has 20 heavy (non-hydrogen) atoms. The van der Waals surface area contributed by atoms with E-state index in [-0.39, 0.29) is 0 Å². The van der Waals surface area contributed by atoms with Crippen molar-refractivity contribution < 1.29 is 4.43 Å². The molecule has 0 saturated heterocycles. The Labute approximate surface area is 129 Å². The molecule has 0 bridgehead atoms. The van der Waals surface area contributed by atoms with Crippen molar-refractivity contribution in [3.8, 4) is 12.3 Å². The Morgan fingerprint density at radius 2 is 1.30 bits per heavy atom. The second-order valence-electron chi connectivity index (χ2n) is 7.39. The van der Waals surface area contributed by atoms with Gasteiger partial charge in [-0.2, -0.15) is 0 Å². The van der Waals surface area contributed by atoms with E-state index in [0.29, 0.717) is 5.04 Å². The van der Waals surface area contributed by atoms with Gasteiger partial charge in [-0.05, 0) is 31.0 Å². The monoisotopic (exact) mass is 296 g/mol. The molecule has 2 heteroatoms. The summed E-state index contributed by atoms with van der Waals surface area (Å²) in [6, 6.07) is 0. The molecule has 0 rings (SSSR count). The Morgan fingerprint density at radius 3 is 1.75 bits per heavy atom. The summed E-state index contributed by atoms with van der Waals surface area (Å²) in [6.45, 7) is 12.5. The predicted molar refractivity (Wildman–Crippen MR) is 93.5 cm³/mol. The molecule has 0 aromatic heterocycles. The molecule has 0 unspecified atom stereocenters. The highest BCUT2D eigenvalue weighted by atomic mass is 28.4. The summed E-state index contributed by atoms with van der Waals surface area (Å²) in [5.74, 6) is 2.70. The molecule has 0 saturated carbocycles. The largest absolute Gasteiger partial charge is 0.417 e. The van der Waals surface area contributed by atoms with Gasteiger partial charge in [-0.3, -0.25) is 0 Å². The normalized spacial score (nSPS) is 12.4. The van der Waals surface area contributed by atoms with Crippen LogP contribution in [-0.2, 0) is 4.43 Å². The van der Waals surface area contributed by atoms with E-state index < -0.39 is 8.32 Å². The van der Waals surface area contributed by atoms with Crippen LogP contribution in [0.1, 0.15) is 78.6 Å². The maximum atomic E-state index is 6.19. The van der Waals surface area contributed by atoms with E-state index in [1.807, 2.05) is 0 Å². The van der Waals surface area contributed by atoms with Gasteiger partial charge < -0.3 is 4.43 Å². The highest BCUT2D eigenvalue weighted by Crippen LogP contribution is 2.36. The standard InChI is InChI=1S/C18H36OSi/c1-7-8-9-10-11-12-13-14-15-16-17-19-20(5,6)18(2,3)4/h1H,8-17H2,2-6H3. The molecule has 1 nitrogen and oxygen atoms in total. The fourth-order valence-electron chi connectivity index (χ4n) is 1.93. The molecule has 0 atom stereocenters. The third-order valence-corrected chi connectivity index (χ3v) is 9.02. The molecule has 0 aliphatic carbocycles. The van der Waals surface area contributed by atoms with Crippen LogP contribution < -0.4 is 0 Å². The Balaban J connectivity index is 3.36. The van der Waals surface area contributed by atoms with E-state index in [1.165, 1.54) is 51.4 Å². The van der Waals surface area contributed by atoms with Crippen molar-refractivity contribution in [2.45, 2.75) is 96.7 Å². The van der Waals surface area contributed by atoms with E-state index in [0.717, 1.165) is 13.0 Å². The number of hydrogen-bond acceptors (Lipinski definition) is 1. The number of unbranched alkanes of at least 4 members (excludes halogenated alkanes) is 8. The van der Waals surface area contributed by atoms with Crippen molar-refractivity contribution in [3.63, 3.8) is 0 Å². The van der Waals surface area contributed by atoms with Crippen molar-refractivity contribution in [3.05, 3.63) is 0 Å². The topological polar surface area (TPSA) is 9.23 Å². The van der Waals surface area contributed by atoms with Crippen LogP contribution in [0.5, 0.6) is 0 Å². The summed E-state index contributed by atoms with van der Waals surface area (Å²) in [4.78, 5) is 0. The van der Waals surface area contributed by atoms with Crippen LogP contribution in [0.15, 0.2) is 0 Å². The fraction of sp³-hybridized carbons (Fsp3) is 0.889. The first-order valence-electron chi connectivity index (χ1n) is 8.39. The average Bonchev–Trinajstić information content (AvgIpc) is 2.34. The minimum atomic E-state index is -1.52. The van der Waals surface area contributed by atoms with Gasteiger partial charge in [0, 0.05) is 13.0 Å². The Bertz CT molecular complexity index is 270. The summed E-state index contributed by atoms with van der Waals surface area (Å²) in [6.07, 6.45) is 16.7. The highest BCUT2D eigenvalue weighted by Gasteiger charge is 2.36. The third-order valence-electron chi connectivity index (χ3n) is 4.48. The first kappa shape index (κ1) is 19.7. The zero-order chi connectivity index (χ0) is 15.5. The molecule has 0 spiro atoms. The maximum Gasteiger partial charge on any atom is 0.191 e. The predicted octanol–water partition coefficient (Wildman–Crippen LogP) is 6.15. The number of hydrogen-bond donors (Lipinski definition) is 0. The summed E-state index contributed by atoms with van der Waals surface area (Å²) in [5, 5.41) is 0.339. The van der Waals surface area contributed by atoms with Crippen molar-refractivity contribution in [1.82, 2.24) is 0 Å². The van der Waals surface area contributed by atoms with Crippen molar-refractivity contribution in [1.29, 1.82) is 0 Å². The van der Waals surface area contributed by atoms with Gasteiger partial charge in [0.05, 0.1) is 0 Å². The summed E-state index contributed by atoms with van der Waals surface area (Å²) < 4.78 is 6.19. The van der Waals surface area contributed by atoms with E-state index in [4.69, 9.17) is 10.8 Å². The molecule has 0 heterocycles. The van der Waals surface area contributed by atoms with Gasteiger partial charge >= 0.3 is 0 Å². The van der Waals surface area contributed by atoms with Crippen LogP contribution in [0.3, 0.4) is 0 Å². The number of terminal acetylenes is 1. The van der Waals surface area contributed by atoms with Crippen LogP contribution in [0.4, 0.5) is 0 Å². The molecule has 0 radical (unpaired) electrons. The van der Waals surface area contributed by atoms with Crippen molar-refractivity contribution in [2.75, 3.05) is 6.61 Å². The van der Waals surface area contributed by atoms with Gasteiger partial charge in [-0.25, -0.2) is 0 Å². The molecular weight excluding hydrogens is 260 g/mol. The second-order valence-corrected chi connectivity index (χ2v) is 12.2. The van der Waals surface area contributed by atoms with Gasteiger partial charge in [-0.1, -0.05) is 59.3 Å². The van der Waals surface area contributed by atoms with E-state index in [2.05, 4.69) is 39.8 Å². The lowest BCUT2D eigenvalue weighted by atomic mass is 10.1. The maximum absolute atomic E-state index is 6.19. The first-order chi connectivity index (χ1) is 9.31. The molecule has 0 fully saturated rings. The quantitative estimate of drug-likeness (QED) is 0.252. The van der Waals surface area contributed by atoms with Gasteiger partial charge in [-0.15, -0.1) is 12.3 Å². The highest BCUT2D eigenvalue weighted by molar-refractivity contribution is 6.74. The SMILES string of the molecule is C#CCCCCCCCCCCO[Si](C)(C)C(C)(C)C. The van der Waals surface area contributed by atoms with Crippen LogP contribution in [0, 0.1) is 12.3 Å². The molecular formula is C18H36OSi. The molecule has 118 valence electrons. The Hall–Kier alpha value is -0.263. The van der Waals surface area contributed by atoms with Gasteiger partial charge in [0.1, 0.15) is 0 Å². The molecule has 0 N–H and O–H groups in total. The summed E-state index contributed by atoms with van der Waals surface area (Å²) in [7, 11) is -1.52. The van der Waals surface area contributed by atoms with Gasteiger partial charge in [0.15, 0.2) is 8.32 Å². The number of rotatable bonds is 11. The Morgan fingerprint density at radius 1 is 0.850 bits per heavy atom. The van der Waals surface area contributed by atoms with Crippen LogP contribution >= 0.6 is 0 Å². The molecule has 0 aliphatic rings. The van der Waals surface area contributed by atoms with Crippen LogP contribution in [0.2, 0.25) is 18.1 Å². The lowest BCUT2D eigenvalue weighted by molar-refractivity contribution is 0.277. The second kappa shape index (κ2) is 10.5.